The van der Waals surface area contributed by atoms with Crippen LogP contribution in [0.15, 0.2) is 46.0 Å². The van der Waals surface area contributed by atoms with Crippen molar-refractivity contribution >= 4 is 16.9 Å². The van der Waals surface area contributed by atoms with E-state index in [9.17, 15) is 37.9 Å². The number of rotatable bonds is 5. The van der Waals surface area contributed by atoms with Crippen LogP contribution in [0.25, 0.3) is 10.9 Å². The molecule has 0 aliphatic heterocycles. The highest BCUT2D eigenvalue weighted by molar-refractivity contribution is 5.81. The number of carbonyl (C=O) groups is 1. The fourth-order valence-corrected chi connectivity index (χ4v) is 5.06. The van der Waals surface area contributed by atoms with Crippen LogP contribution in [0.4, 0.5) is 13.2 Å². The molecule has 0 amide bonds. The van der Waals surface area contributed by atoms with Crippen LogP contribution < -0.4 is 11.2 Å². The summed E-state index contributed by atoms with van der Waals surface area (Å²) in [5.74, 6) is -1.38. The van der Waals surface area contributed by atoms with Crippen molar-refractivity contribution in [1.82, 2.24) is 9.13 Å². The molecule has 0 spiro atoms. The van der Waals surface area contributed by atoms with Crippen LogP contribution in [0.2, 0.25) is 0 Å². The van der Waals surface area contributed by atoms with Gasteiger partial charge in [-0.3, -0.25) is 18.7 Å². The van der Waals surface area contributed by atoms with Gasteiger partial charge >= 0.3 is 17.8 Å². The molecular formula is C26H24F3N3O4. The second-order valence-electron chi connectivity index (χ2n) is 9.26. The number of nitriles is 1. The lowest BCUT2D eigenvalue weighted by Crippen LogP contribution is -2.42. The Kier molecular flexibility index (Phi) is 6.76. The average molecular weight is 499 g/mol. The molecule has 3 aromatic rings. The summed E-state index contributed by atoms with van der Waals surface area (Å²) in [6, 6.07) is 9.93. The predicted octanol–water partition coefficient (Wildman–Crippen LogP) is 4.30. The van der Waals surface area contributed by atoms with Gasteiger partial charge in [0, 0.05) is 6.54 Å². The molecule has 7 nitrogen and oxygen atoms in total. The number of nitrogens with zero attached hydrogens (tertiary/aromatic N) is 3. The molecule has 188 valence electrons. The summed E-state index contributed by atoms with van der Waals surface area (Å²) >= 11 is 0. The highest BCUT2D eigenvalue weighted by Gasteiger charge is 2.34. The SMILES string of the molecule is Cc1cccc2c1c(=O)n(C[C@H]1CC[C@@H](C(=O)O)CC1)c(=O)n2Cc1cccc(C(F)(F)F)c1C#N. The van der Waals surface area contributed by atoms with E-state index in [-0.39, 0.29) is 35.5 Å². The molecular weight excluding hydrogens is 475 g/mol. The van der Waals surface area contributed by atoms with Crippen LogP contribution in [0.3, 0.4) is 0 Å². The third kappa shape index (κ3) is 4.65. The molecule has 1 aliphatic carbocycles. The van der Waals surface area contributed by atoms with E-state index >= 15 is 0 Å². The lowest BCUT2D eigenvalue weighted by Gasteiger charge is -2.26. The van der Waals surface area contributed by atoms with E-state index in [1.54, 1.807) is 31.2 Å². The summed E-state index contributed by atoms with van der Waals surface area (Å²) in [5, 5.41) is 19.0. The Bertz CT molecular complexity index is 1490. The highest BCUT2D eigenvalue weighted by atomic mass is 19.4. The lowest BCUT2D eigenvalue weighted by atomic mass is 9.82. The zero-order chi connectivity index (χ0) is 26.2. The van der Waals surface area contributed by atoms with Gasteiger partial charge in [0.1, 0.15) is 6.07 Å². The normalized spacial score (nSPS) is 18.2. The largest absolute Gasteiger partial charge is 0.481 e. The smallest absolute Gasteiger partial charge is 0.417 e. The van der Waals surface area contributed by atoms with Crippen LogP contribution in [-0.4, -0.2) is 20.2 Å². The van der Waals surface area contributed by atoms with Gasteiger partial charge in [-0.05, 0) is 61.8 Å². The fraction of sp³-hybridized carbons (Fsp3) is 0.385. The van der Waals surface area contributed by atoms with Crippen molar-refractivity contribution in [3.63, 3.8) is 0 Å². The van der Waals surface area contributed by atoms with Crippen LogP contribution >= 0.6 is 0 Å². The minimum absolute atomic E-state index is 0.0180. The molecule has 2 aromatic carbocycles. The summed E-state index contributed by atoms with van der Waals surface area (Å²) in [4.78, 5) is 38.2. The number of aryl methyl sites for hydroxylation is 1. The maximum atomic E-state index is 13.6. The van der Waals surface area contributed by atoms with E-state index in [1.807, 2.05) is 0 Å². The number of carboxylic acids is 1. The first kappa shape index (κ1) is 25.2. The molecule has 1 saturated carbocycles. The van der Waals surface area contributed by atoms with E-state index in [0.29, 0.717) is 31.2 Å². The van der Waals surface area contributed by atoms with Crippen molar-refractivity contribution in [2.45, 2.75) is 51.9 Å². The maximum absolute atomic E-state index is 13.6. The van der Waals surface area contributed by atoms with E-state index in [4.69, 9.17) is 0 Å². The monoisotopic (exact) mass is 499 g/mol. The second-order valence-corrected chi connectivity index (χ2v) is 9.26. The number of aromatic nitrogens is 2. The van der Waals surface area contributed by atoms with Crippen molar-refractivity contribution in [3.8, 4) is 6.07 Å². The zero-order valence-electron chi connectivity index (χ0n) is 19.5. The van der Waals surface area contributed by atoms with Gasteiger partial charge < -0.3 is 5.11 Å². The minimum atomic E-state index is -4.74. The summed E-state index contributed by atoms with van der Waals surface area (Å²) in [7, 11) is 0. The Morgan fingerprint density at radius 2 is 1.75 bits per heavy atom. The van der Waals surface area contributed by atoms with E-state index < -0.39 is 40.4 Å². The summed E-state index contributed by atoms with van der Waals surface area (Å²) < 4.78 is 42.8. The molecule has 0 unspecified atom stereocenters. The quantitative estimate of drug-likeness (QED) is 0.564. The minimum Gasteiger partial charge on any atom is -0.481 e. The number of alkyl halides is 3. The molecule has 4 rings (SSSR count). The van der Waals surface area contributed by atoms with Gasteiger partial charge in [0.15, 0.2) is 0 Å². The van der Waals surface area contributed by atoms with Crippen molar-refractivity contribution < 1.29 is 23.1 Å². The molecule has 0 radical (unpaired) electrons. The molecule has 1 aromatic heterocycles. The van der Waals surface area contributed by atoms with Crippen LogP contribution in [0.5, 0.6) is 0 Å². The molecule has 0 saturated heterocycles. The van der Waals surface area contributed by atoms with Crippen molar-refractivity contribution in [2.24, 2.45) is 11.8 Å². The Morgan fingerprint density at radius 3 is 2.36 bits per heavy atom. The maximum Gasteiger partial charge on any atom is 0.417 e. The van der Waals surface area contributed by atoms with E-state index in [1.165, 1.54) is 16.7 Å². The third-order valence-electron chi connectivity index (χ3n) is 7.00. The Balaban J connectivity index is 1.83. The standard InChI is InChI=1S/C26H24F3N3O4/c1-15-4-2-7-21-22(15)23(33)32(13-16-8-10-17(11-9-16)24(34)35)25(36)31(21)14-18-5-3-6-20(19(18)12-30)26(27,28)29/h2-7,16-17H,8-11,13-14H2,1H3,(H,34,35)/t16-,17+. The summed E-state index contributed by atoms with van der Waals surface area (Å²) in [6.07, 6.45) is -2.75. The third-order valence-corrected chi connectivity index (χ3v) is 7.00. The van der Waals surface area contributed by atoms with Gasteiger partial charge in [-0.2, -0.15) is 18.4 Å². The molecule has 1 fully saturated rings. The fourth-order valence-electron chi connectivity index (χ4n) is 5.06. The number of halogens is 3. The average Bonchev–Trinajstić information content (AvgIpc) is 2.83. The van der Waals surface area contributed by atoms with E-state index in [0.717, 1.165) is 10.6 Å². The number of benzene rings is 2. The highest BCUT2D eigenvalue weighted by Crippen LogP contribution is 2.33. The molecule has 1 aliphatic rings. The van der Waals surface area contributed by atoms with Gasteiger partial charge in [-0.25, -0.2) is 4.79 Å². The first-order valence-corrected chi connectivity index (χ1v) is 11.6. The number of hydrogen-bond donors (Lipinski definition) is 1. The summed E-state index contributed by atoms with van der Waals surface area (Å²) in [5.41, 5.74) is -1.92. The Hall–Kier alpha value is -3.87. The molecule has 1 N–H and O–H groups in total. The second kappa shape index (κ2) is 9.64. The van der Waals surface area contributed by atoms with Crippen molar-refractivity contribution in [1.29, 1.82) is 5.26 Å². The Morgan fingerprint density at radius 1 is 1.08 bits per heavy atom. The van der Waals surface area contributed by atoms with Gasteiger partial charge in [0.05, 0.1) is 34.5 Å². The molecule has 1 heterocycles. The van der Waals surface area contributed by atoms with Gasteiger partial charge in [0.25, 0.3) is 5.56 Å². The van der Waals surface area contributed by atoms with E-state index in [2.05, 4.69) is 0 Å². The zero-order valence-corrected chi connectivity index (χ0v) is 19.5. The number of hydrogen-bond acceptors (Lipinski definition) is 4. The van der Waals surface area contributed by atoms with Gasteiger partial charge in [-0.1, -0.05) is 24.3 Å². The van der Waals surface area contributed by atoms with Crippen LogP contribution in [-0.2, 0) is 24.1 Å². The van der Waals surface area contributed by atoms with Crippen molar-refractivity contribution in [3.05, 3.63) is 79.5 Å². The van der Waals surface area contributed by atoms with Crippen molar-refractivity contribution in [2.75, 3.05) is 0 Å². The van der Waals surface area contributed by atoms with Gasteiger partial charge in [0.2, 0.25) is 0 Å². The van der Waals surface area contributed by atoms with Crippen LogP contribution in [0.1, 0.15) is 47.9 Å². The molecule has 36 heavy (non-hydrogen) atoms. The number of carboxylic acid groups (broad SMARTS) is 1. The predicted molar refractivity (Wildman–Crippen MR) is 126 cm³/mol. The first-order chi connectivity index (χ1) is 17.0. The topological polar surface area (TPSA) is 105 Å². The number of fused-ring (bicyclic) bond motifs is 1. The Labute approximate surface area is 204 Å². The van der Waals surface area contributed by atoms with Gasteiger partial charge in [-0.15, -0.1) is 0 Å². The lowest BCUT2D eigenvalue weighted by molar-refractivity contribution is -0.143. The molecule has 0 atom stereocenters. The first-order valence-electron chi connectivity index (χ1n) is 11.6. The van der Waals surface area contributed by atoms with Crippen LogP contribution in [0, 0.1) is 30.1 Å². The number of aliphatic carboxylic acids is 1. The molecule has 0 bridgehead atoms. The summed E-state index contributed by atoms with van der Waals surface area (Å²) in [6.45, 7) is 1.48. The molecule has 10 heteroatoms.